The van der Waals surface area contributed by atoms with Gasteiger partial charge in [0.2, 0.25) is 0 Å². The number of urea groups is 1. The predicted molar refractivity (Wildman–Crippen MR) is 125 cm³/mol. The van der Waals surface area contributed by atoms with Gasteiger partial charge >= 0.3 is 6.03 Å². The molecule has 4 aromatic rings. The summed E-state index contributed by atoms with van der Waals surface area (Å²) in [6, 6.07) is 28.5. The van der Waals surface area contributed by atoms with Gasteiger partial charge in [-0.1, -0.05) is 60.2 Å². The SMILES string of the molecule is Cc1cccc(NC(=O)N2Cc3ccccc3-n3cccc3[C@H]2c2cccc(C)c2)c1. The van der Waals surface area contributed by atoms with Gasteiger partial charge in [0.15, 0.2) is 0 Å². The summed E-state index contributed by atoms with van der Waals surface area (Å²) in [7, 11) is 0. The Bertz CT molecular complexity index is 1260. The first-order valence-electron chi connectivity index (χ1n) is 10.6. The molecular weight excluding hydrogens is 382 g/mol. The van der Waals surface area contributed by atoms with Crippen molar-refractivity contribution in [1.82, 2.24) is 9.47 Å². The maximum absolute atomic E-state index is 13.6. The van der Waals surface area contributed by atoms with Gasteiger partial charge in [0.25, 0.3) is 0 Å². The van der Waals surface area contributed by atoms with E-state index in [9.17, 15) is 4.79 Å². The zero-order chi connectivity index (χ0) is 21.4. The van der Waals surface area contributed by atoms with Gasteiger partial charge in [-0.3, -0.25) is 0 Å². The van der Waals surface area contributed by atoms with Crippen LogP contribution in [0.5, 0.6) is 0 Å². The molecule has 4 heteroatoms. The van der Waals surface area contributed by atoms with Crippen LogP contribution in [0, 0.1) is 13.8 Å². The van der Waals surface area contributed by atoms with Crippen LogP contribution in [0.4, 0.5) is 10.5 Å². The van der Waals surface area contributed by atoms with E-state index >= 15 is 0 Å². The zero-order valence-corrected chi connectivity index (χ0v) is 17.7. The molecular formula is C27H25N3O. The highest BCUT2D eigenvalue weighted by Gasteiger charge is 2.33. The molecule has 0 aliphatic carbocycles. The molecule has 0 bridgehead atoms. The van der Waals surface area contributed by atoms with Gasteiger partial charge in [-0.05, 0) is 60.9 Å². The highest BCUT2D eigenvalue weighted by atomic mass is 16.2. The van der Waals surface area contributed by atoms with Gasteiger partial charge in [-0.15, -0.1) is 0 Å². The van der Waals surface area contributed by atoms with Gasteiger partial charge in [-0.25, -0.2) is 4.79 Å². The molecule has 0 saturated carbocycles. The second kappa shape index (κ2) is 7.80. The van der Waals surface area contributed by atoms with Crippen molar-refractivity contribution in [1.29, 1.82) is 0 Å². The first kappa shape index (κ1) is 19.2. The highest BCUT2D eigenvalue weighted by molar-refractivity contribution is 5.90. The summed E-state index contributed by atoms with van der Waals surface area (Å²) in [5.74, 6) is 0. The molecule has 0 radical (unpaired) electrons. The molecule has 5 rings (SSSR count). The fourth-order valence-corrected chi connectivity index (χ4v) is 4.45. The van der Waals surface area contributed by atoms with Crippen molar-refractivity contribution in [3.63, 3.8) is 0 Å². The number of nitrogens with zero attached hydrogens (tertiary/aromatic N) is 2. The molecule has 1 N–H and O–H groups in total. The van der Waals surface area contributed by atoms with Crippen LogP contribution < -0.4 is 5.32 Å². The van der Waals surface area contributed by atoms with Crippen LogP contribution in [-0.2, 0) is 6.54 Å². The first-order chi connectivity index (χ1) is 15.1. The summed E-state index contributed by atoms with van der Waals surface area (Å²) >= 11 is 0. The van der Waals surface area contributed by atoms with Crippen LogP contribution in [0.3, 0.4) is 0 Å². The number of nitrogens with one attached hydrogen (secondary N) is 1. The standard InChI is InChI=1S/C27H25N3O/c1-19-8-5-11-21(16-19)26-25-14-7-15-29(25)24-13-4-3-10-22(24)18-30(26)27(31)28-23-12-6-9-20(2)17-23/h3-17,26H,18H2,1-2H3,(H,28,31)/t26-/m1/s1. The number of carbonyl (C=O) groups excluding carboxylic acids is 1. The van der Waals surface area contributed by atoms with Crippen LogP contribution in [0.25, 0.3) is 5.69 Å². The lowest BCUT2D eigenvalue weighted by Crippen LogP contribution is -2.38. The number of hydrogen-bond donors (Lipinski definition) is 1. The van der Waals surface area contributed by atoms with Gasteiger partial charge in [0.1, 0.15) is 0 Å². The van der Waals surface area contributed by atoms with Crippen LogP contribution in [0.1, 0.15) is 34.0 Å². The molecule has 3 aromatic carbocycles. The molecule has 2 heterocycles. The topological polar surface area (TPSA) is 37.3 Å². The quantitative estimate of drug-likeness (QED) is 0.420. The number of benzene rings is 3. The minimum atomic E-state index is -0.202. The Morgan fingerprint density at radius 2 is 1.65 bits per heavy atom. The number of anilines is 1. The Kier molecular flexibility index (Phi) is 4.83. The number of aromatic nitrogens is 1. The molecule has 154 valence electrons. The molecule has 0 unspecified atom stereocenters. The van der Waals surface area contributed by atoms with E-state index in [1.54, 1.807) is 0 Å². The van der Waals surface area contributed by atoms with Gasteiger partial charge in [0, 0.05) is 17.6 Å². The average molecular weight is 408 g/mol. The Labute approximate surface area is 182 Å². The zero-order valence-electron chi connectivity index (χ0n) is 17.7. The van der Waals surface area contributed by atoms with E-state index < -0.39 is 0 Å². The number of carbonyl (C=O) groups is 1. The molecule has 1 aromatic heterocycles. The molecule has 0 spiro atoms. The molecule has 0 saturated heterocycles. The summed E-state index contributed by atoms with van der Waals surface area (Å²) in [5, 5.41) is 3.13. The summed E-state index contributed by atoms with van der Waals surface area (Å²) in [5.41, 5.74) is 7.52. The molecule has 1 aliphatic rings. The maximum Gasteiger partial charge on any atom is 0.322 e. The number of aryl methyl sites for hydroxylation is 2. The number of rotatable bonds is 2. The summed E-state index contributed by atoms with van der Waals surface area (Å²) in [4.78, 5) is 15.6. The van der Waals surface area contributed by atoms with Crippen molar-refractivity contribution in [2.75, 3.05) is 5.32 Å². The third kappa shape index (κ3) is 3.61. The second-order valence-electron chi connectivity index (χ2n) is 8.18. The number of para-hydroxylation sites is 1. The lowest BCUT2D eigenvalue weighted by Gasteiger charge is -2.31. The number of fused-ring (bicyclic) bond motifs is 3. The molecule has 4 nitrogen and oxygen atoms in total. The van der Waals surface area contributed by atoms with Gasteiger partial charge in [0.05, 0.1) is 18.3 Å². The van der Waals surface area contributed by atoms with Crippen LogP contribution in [-0.4, -0.2) is 15.5 Å². The Morgan fingerprint density at radius 1 is 0.871 bits per heavy atom. The van der Waals surface area contributed by atoms with Crippen molar-refractivity contribution in [3.8, 4) is 5.69 Å². The van der Waals surface area contributed by atoms with Crippen molar-refractivity contribution in [2.45, 2.75) is 26.4 Å². The summed E-state index contributed by atoms with van der Waals surface area (Å²) < 4.78 is 2.21. The molecule has 0 fully saturated rings. The van der Waals surface area contributed by atoms with E-state index in [-0.39, 0.29) is 12.1 Å². The van der Waals surface area contributed by atoms with Crippen molar-refractivity contribution in [3.05, 3.63) is 119 Å². The monoisotopic (exact) mass is 407 g/mol. The molecule has 1 atom stereocenters. The van der Waals surface area contributed by atoms with Crippen molar-refractivity contribution < 1.29 is 4.79 Å². The minimum absolute atomic E-state index is 0.110. The Morgan fingerprint density at radius 3 is 2.45 bits per heavy atom. The largest absolute Gasteiger partial charge is 0.322 e. The normalized spacial score (nSPS) is 15.0. The molecule has 1 aliphatic heterocycles. The van der Waals surface area contributed by atoms with E-state index in [4.69, 9.17) is 0 Å². The fraction of sp³-hybridized carbons (Fsp3) is 0.148. The molecule has 2 amide bonds. The second-order valence-corrected chi connectivity index (χ2v) is 8.18. The van der Waals surface area contributed by atoms with Crippen molar-refractivity contribution in [2.24, 2.45) is 0 Å². The van der Waals surface area contributed by atoms with Crippen LogP contribution in [0.15, 0.2) is 91.1 Å². The number of hydrogen-bond acceptors (Lipinski definition) is 1. The Hall–Kier alpha value is -3.79. The lowest BCUT2D eigenvalue weighted by molar-refractivity contribution is 0.194. The fourth-order valence-electron chi connectivity index (χ4n) is 4.45. The predicted octanol–water partition coefficient (Wildman–Crippen LogP) is 6.23. The molecule has 31 heavy (non-hydrogen) atoms. The Balaban J connectivity index is 1.64. The van der Waals surface area contributed by atoms with E-state index in [1.807, 2.05) is 48.2 Å². The van der Waals surface area contributed by atoms with Crippen LogP contribution >= 0.6 is 0 Å². The van der Waals surface area contributed by atoms with E-state index in [1.165, 1.54) is 5.56 Å². The highest BCUT2D eigenvalue weighted by Crippen LogP contribution is 2.37. The average Bonchev–Trinajstić information content (AvgIpc) is 3.18. The maximum atomic E-state index is 13.6. The third-order valence-corrected chi connectivity index (χ3v) is 5.85. The van der Waals surface area contributed by atoms with Gasteiger partial charge < -0.3 is 14.8 Å². The van der Waals surface area contributed by atoms with Crippen LogP contribution in [0.2, 0.25) is 0 Å². The third-order valence-electron chi connectivity index (χ3n) is 5.85. The lowest BCUT2D eigenvalue weighted by atomic mass is 10.00. The van der Waals surface area contributed by atoms with Gasteiger partial charge in [-0.2, -0.15) is 0 Å². The smallest absolute Gasteiger partial charge is 0.318 e. The number of amides is 2. The first-order valence-corrected chi connectivity index (χ1v) is 10.6. The van der Waals surface area contributed by atoms with E-state index in [2.05, 4.69) is 71.5 Å². The summed E-state index contributed by atoms with van der Waals surface area (Å²) in [6.45, 7) is 4.64. The van der Waals surface area contributed by atoms with Crippen molar-refractivity contribution >= 4 is 11.7 Å². The summed E-state index contributed by atoms with van der Waals surface area (Å²) in [6.07, 6.45) is 2.08. The van der Waals surface area contributed by atoms with E-state index in [0.717, 1.165) is 33.8 Å². The minimum Gasteiger partial charge on any atom is -0.318 e. The van der Waals surface area contributed by atoms with E-state index in [0.29, 0.717) is 6.54 Å².